The molecule has 0 atom stereocenters. The number of carbonyl (C=O) groups is 2. The summed E-state index contributed by atoms with van der Waals surface area (Å²) >= 11 is 0. The summed E-state index contributed by atoms with van der Waals surface area (Å²) < 4.78 is 0. The number of unbranched alkanes of at least 4 members (excludes halogenated alkanes) is 16. The van der Waals surface area contributed by atoms with E-state index in [9.17, 15) is 9.59 Å². The van der Waals surface area contributed by atoms with E-state index < -0.39 is 0 Å². The Labute approximate surface area is 163 Å². The van der Waals surface area contributed by atoms with E-state index in [4.69, 9.17) is 0 Å². The van der Waals surface area contributed by atoms with Gasteiger partial charge in [-0.25, -0.2) is 0 Å². The van der Waals surface area contributed by atoms with Crippen molar-refractivity contribution in [2.24, 2.45) is 0 Å². The van der Waals surface area contributed by atoms with Gasteiger partial charge in [-0.3, -0.25) is 9.59 Å². The molecule has 0 aliphatic carbocycles. The summed E-state index contributed by atoms with van der Waals surface area (Å²) in [7, 11) is 0. The van der Waals surface area contributed by atoms with Gasteiger partial charge in [0, 0.05) is 12.8 Å². The smallest absolute Gasteiger partial charge is 0.198 e. The van der Waals surface area contributed by atoms with Crippen molar-refractivity contribution in [2.45, 2.75) is 142 Å². The molecule has 0 bridgehead atoms. The van der Waals surface area contributed by atoms with Crippen LogP contribution in [0.1, 0.15) is 142 Å². The van der Waals surface area contributed by atoms with Crippen molar-refractivity contribution in [3.05, 3.63) is 0 Å². The largest absolute Gasteiger partial charge is 0.291 e. The van der Waals surface area contributed by atoms with Crippen LogP contribution in [0.5, 0.6) is 0 Å². The average Bonchev–Trinajstić information content (AvgIpc) is 2.65. The van der Waals surface area contributed by atoms with Gasteiger partial charge in [0.2, 0.25) is 0 Å². The molecule has 154 valence electrons. The van der Waals surface area contributed by atoms with Crippen LogP contribution in [-0.4, -0.2) is 11.6 Å². The molecule has 26 heavy (non-hydrogen) atoms. The zero-order chi connectivity index (χ0) is 19.3. The van der Waals surface area contributed by atoms with Crippen LogP contribution in [0.25, 0.3) is 0 Å². The lowest BCUT2D eigenvalue weighted by Crippen LogP contribution is -2.13. The highest BCUT2D eigenvalue weighted by Crippen LogP contribution is 2.13. The van der Waals surface area contributed by atoms with Crippen LogP contribution in [0.4, 0.5) is 0 Å². The van der Waals surface area contributed by atoms with Crippen molar-refractivity contribution >= 4 is 11.6 Å². The molecule has 0 rings (SSSR count). The van der Waals surface area contributed by atoms with Crippen molar-refractivity contribution < 1.29 is 9.59 Å². The minimum Gasteiger partial charge on any atom is -0.291 e. The van der Waals surface area contributed by atoms with E-state index in [0.717, 1.165) is 25.7 Å². The predicted octanol–water partition coefficient (Wildman–Crippen LogP) is 7.97. The standard InChI is InChI=1S/C24H46O2/c1-3-5-7-9-11-13-14-16-18-20-22-24(26)23(25)21-19-17-15-12-10-8-6-4-2/h3-22H2,1-2H3. The Balaban J connectivity index is 3.34. The molecule has 0 aliphatic rings. The van der Waals surface area contributed by atoms with Crippen molar-refractivity contribution in [3.8, 4) is 0 Å². The van der Waals surface area contributed by atoms with Gasteiger partial charge < -0.3 is 0 Å². The zero-order valence-corrected chi connectivity index (χ0v) is 18.0. The fourth-order valence-corrected chi connectivity index (χ4v) is 3.47. The second-order valence-electron chi connectivity index (χ2n) is 8.00. The van der Waals surface area contributed by atoms with Gasteiger partial charge in [0.05, 0.1) is 0 Å². The van der Waals surface area contributed by atoms with E-state index in [0.29, 0.717) is 12.8 Å². The molecule has 0 aromatic rings. The fourth-order valence-electron chi connectivity index (χ4n) is 3.47. The fraction of sp³-hybridized carbons (Fsp3) is 0.917. The highest BCUT2D eigenvalue weighted by atomic mass is 16.2. The Bertz CT molecular complexity index is 322. The maximum absolute atomic E-state index is 11.9. The number of Topliss-reactive ketones (excluding diaryl/α,β-unsaturated/α-hetero) is 2. The molecular weight excluding hydrogens is 320 g/mol. The van der Waals surface area contributed by atoms with Crippen LogP contribution in [-0.2, 0) is 9.59 Å². The third-order valence-electron chi connectivity index (χ3n) is 5.33. The van der Waals surface area contributed by atoms with E-state index in [2.05, 4.69) is 13.8 Å². The van der Waals surface area contributed by atoms with Gasteiger partial charge in [0.25, 0.3) is 0 Å². The molecule has 0 N–H and O–H groups in total. The van der Waals surface area contributed by atoms with Crippen LogP contribution in [0.2, 0.25) is 0 Å². The van der Waals surface area contributed by atoms with Crippen molar-refractivity contribution in [1.29, 1.82) is 0 Å². The lowest BCUT2D eigenvalue weighted by atomic mass is 10.0. The van der Waals surface area contributed by atoms with E-state index in [1.165, 1.54) is 89.9 Å². The quantitative estimate of drug-likeness (QED) is 0.152. The van der Waals surface area contributed by atoms with Crippen LogP contribution in [0, 0.1) is 0 Å². The molecule has 0 fully saturated rings. The second-order valence-corrected chi connectivity index (χ2v) is 8.00. The number of ketones is 2. The lowest BCUT2D eigenvalue weighted by molar-refractivity contribution is -0.136. The van der Waals surface area contributed by atoms with Crippen molar-refractivity contribution in [3.63, 3.8) is 0 Å². The first kappa shape index (κ1) is 25.3. The van der Waals surface area contributed by atoms with E-state index in [1.807, 2.05) is 0 Å². The molecule has 2 nitrogen and oxygen atoms in total. The molecule has 0 aromatic carbocycles. The molecule has 2 heteroatoms. The Hall–Kier alpha value is -0.660. The molecule has 0 aromatic heterocycles. The van der Waals surface area contributed by atoms with Crippen LogP contribution >= 0.6 is 0 Å². The van der Waals surface area contributed by atoms with Gasteiger partial charge >= 0.3 is 0 Å². The highest BCUT2D eigenvalue weighted by Gasteiger charge is 2.12. The molecular formula is C24H46O2. The Kier molecular flexibility index (Phi) is 20.1. The molecule has 0 spiro atoms. The summed E-state index contributed by atoms with van der Waals surface area (Å²) in [6, 6.07) is 0. The Morgan fingerprint density at radius 3 is 0.885 bits per heavy atom. The lowest BCUT2D eigenvalue weighted by Gasteiger charge is -2.03. The van der Waals surface area contributed by atoms with Crippen molar-refractivity contribution in [1.82, 2.24) is 0 Å². The minimum absolute atomic E-state index is 0.118. The highest BCUT2D eigenvalue weighted by molar-refractivity contribution is 6.37. The first-order chi connectivity index (χ1) is 12.7. The minimum atomic E-state index is -0.119. The third kappa shape index (κ3) is 18.1. The van der Waals surface area contributed by atoms with Gasteiger partial charge in [0.15, 0.2) is 11.6 Å². The van der Waals surface area contributed by atoms with Gasteiger partial charge in [-0.05, 0) is 12.8 Å². The zero-order valence-electron chi connectivity index (χ0n) is 18.0. The van der Waals surface area contributed by atoms with Gasteiger partial charge in [-0.2, -0.15) is 0 Å². The number of hydrogen-bond donors (Lipinski definition) is 0. The molecule has 0 amide bonds. The number of rotatable bonds is 21. The summed E-state index contributed by atoms with van der Waals surface area (Å²) in [4.78, 5) is 23.7. The van der Waals surface area contributed by atoms with Crippen LogP contribution in [0.15, 0.2) is 0 Å². The van der Waals surface area contributed by atoms with Crippen molar-refractivity contribution in [2.75, 3.05) is 0 Å². The maximum Gasteiger partial charge on any atom is 0.198 e. The average molecular weight is 367 g/mol. The third-order valence-corrected chi connectivity index (χ3v) is 5.33. The first-order valence-corrected chi connectivity index (χ1v) is 11.8. The maximum atomic E-state index is 11.9. The Morgan fingerprint density at radius 2 is 0.615 bits per heavy atom. The molecule has 0 unspecified atom stereocenters. The summed E-state index contributed by atoms with van der Waals surface area (Å²) in [5.74, 6) is -0.237. The molecule has 0 radical (unpaired) electrons. The van der Waals surface area contributed by atoms with Gasteiger partial charge in [-0.15, -0.1) is 0 Å². The topological polar surface area (TPSA) is 34.1 Å². The summed E-state index contributed by atoms with van der Waals surface area (Å²) in [6.45, 7) is 4.49. The number of carbonyl (C=O) groups excluding carboxylic acids is 2. The Morgan fingerprint density at radius 1 is 0.385 bits per heavy atom. The van der Waals surface area contributed by atoms with E-state index in [-0.39, 0.29) is 11.6 Å². The molecule has 0 saturated heterocycles. The van der Waals surface area contributed by atoms with Crippen LogP contribution < -0.4 is 0 Å². The molecule has 0 saturated carbocycles. The molecule has 0 heterocycles. The monoisotopic (exact) mass is 366 g/mol. The van der Waals surface area contributed by atoms with Gasteiger partial charge in [-0.1, -0.05) is 117 Å². The number of hydrogen-bond acceptors (Lipinski definition) is 2. The van der Waals surface area contributed by atoms with Gasteiger partial charge in [0.1, 0.15) is 0 Å². The van der Waals surface area contributed by atoms with E-state index >= 15 is 0 Å². The second kappa shape index (κ2) is 20.6. The normalized spacial score (nSPS) is 11.0. The summed E-state index contributed by atoms with van der Waals surface area (Å²) in [5.41, 5.74) is 0. The predicted molar refractivity (Wildman–Crippen MR) is 114 cm³/mol. The van der Waals surface area contributed by atoms with Crippen LogP contribution in [0.3, 0.4) is 0 Å². The summed E-state index contributed by atoms with van der Waals surface area (Å²) in [5, 5.41) is 0. The van der Waals surface area contributed by atoms with E-state index in [1.54, 1.807) is 0 Å². The molecule has 0 aliphatic heterocycles. The summed E-state index contributed by atoms with van der Waals surface area (Å²) in [6.07, 6.45) is 23.4. The first-order valence-electron chi connectivity index (χ1n) is 11.8. The SMILES string of the molecule is CCCCCCCCCCCCC(=O)C(=O)CCCCCCCCCC.